The van der Waals surface area contributed by atoms with Crippen LogP contribution >= 0.6 is 0 Å². The number of nitrogens with zero attached hydrogens (tertiary/aromatic N) is 2. The zero-order chi connectivity index (χ0) is 19.5. The predicted octanol–water partition coefficient (Wildman–Crippen LogP) is 4.00. The molecule has 4 heteroatoms. The van der Waals surface area contributed by atoms with Crippen LogP contribution in [0.5, 0.6) is 0 Å². The highest BCUT2D eigenvalue weighted by Gasteiger charge is 2.28. The molecule has 4 rings (SSSR count). The van der Waals surface area contributed by atoms with Crippen LogP contribution in [0, 0.1) is 12.8 Å². The zero-order valence-corrected chi connectivity index (χ0v) is 16.2. The van der Waals surface area contributed by atoms with Gasteiger partial charge in [-0.3, -0.25) is 9.78 Å². The summed E-state index contributed by atoms with van der Waals surface area (Å²) in [5.41, 5.74) is 3.85. The Bertz CT molecular complexity index is 963. The molecule has 1 saturated heterocycles. The molecule has 0 bridgehead atoms. The molecule has 1 fully saturated rings. The van der Waals surface area contributed by atoms with E-state index in [2.05, 4.69) is 17.1 Å². The number of carbonyl (C=O) groups excluding carboxylic acids is 1. The van der Waals surface area contributed by atoms with Gasteiger partial charge in [0.2, 0.25) is 0 Å². The summed E-state index contributed by atoms with van der Waals surface area (Å²) in [4.78, 5) is 19.4. The second-order valence-corrected chi connectivity index (χ2v) is 7.77. The van der Waals surface area contributed by atoms with Crippen molar-refractivity contribution in [2.45, 2.75) is 32.3 Å². The Hall–Kier alpha value is -2.72. The number of aromatic nitrogens is 1. The number of aryl methyl sites for hydroxylation is 1. The molecular weight excluding hydrogens is 348 g/mol. The first-order chi connectivity index (χ1) is 13.6. The molecule has 1 amide bonds. The average Bonchev–Trinajstić information content (AvgIpc) is 2.73. The van der Waals surface area contributed by atoms with Gasteiger partial charge in [-0.1, -0.05) is 42.0 Å². The molecule has 28 heavy (non-hydrogen) atoms. The topological polar surface area (TPSA) is 53.4 Å². The van der Waals surface area contributed by atoms with E-state index in [0.29, 0.717) is 19.5 Å². The van der Waals surface area contributed by atoms with Crippen molar-refractivity contribution in [3.05, 3.63) is 77.5 Å². The van der Waals surface area contributed by atoms with Gasteiger partial charge in [0.1, 0.15) is 0 Å². The Balaban J connectivity index is 1.42. The molecule has 0 radical (unpaired) electrons. The van der Waals surface area contributed by atoms with Crippen LogP contribution in [0.25, 0.3) is 10.9 Å². The standard InChI is InChI=1S/C24H26N2O2/c1-17-7-8-22-21(15-17)20(9-12-25-22)24(28)26-13-10-19(11-14-26)23(27)16-18-5-3-2-4-6-18/h2-9,12,15,19,23,27H,10-11,13-14,16H2,1H3/t23-/m1/s1. The van der Waals surface area contributed by atoms with Crippen molar-refractivity contribution >= 4 is 16.8 Å². The third-order valence-corrected chi connectivity index (χ3v) is 5.79. The maximum atomic E-state index is 13.1. The van der Waals surface area contributed by atoms with E-state index in [1.165, 1.54) is 0 Å². The summed E-state index contributed by atoms with van der Waals surface area (Å²) in [6.45, 7) is 3.40. The van der Waals surface area contributed by atoms with E-state index in [1.807, 2.05) is 54.3 Å². The van der Waals surface area contributed by atoms with E-state index < -0.39 is 0 Å². The number of piperidine rings is 1. The number of pyridine rings is 1. The lowest BCUT2D eigenvalue weighted by Crippen LogP contribution is -2.41. The molecule has 4 nitrogen and oxygen atoms in total. The van der Waals surface area contributed by atoms with Gasteiger partial charge in [0.25, 0.3) is 5.91 Å². The molecule has 2 aromatic carbocycles. The van der Waals surface area contributed by atoms with Crippen LogP contribution in [0.2, 0.25) is 0 Å². The van der Waals surface area contributed by atoms with Crippen LogP contribution in [0.15, 0.2) is 60.8 Å². The molecule has 0 saturated carbocycles. The minimum atomic E-state index is -0.357. The smallest absolute Gasteiger partial charge is 0.254 e. The molecule has 1 aliphatic heterocycles. The Morgan fingerprint density at radius 1 is 1.14 bits per heavy atom. The summed E-state index contributed by atoms with van der Waals surface area (Å²) >= 11 is 0. The number of rotatable bonds is 4. The lowest BCUT2D eigenvalue weighted by molar-refractivity contribution is 0.0468. The minimum Gasteiger partial charge on any atom is -0.392 e. The van der Waals surface area contributed by atoms with E-state index in [9.17, 15) is 9.90 Å². The highest BCUT2D eigenvalue weighted by atomic mass is 16.3. The third kappa shape index (κ3) is 3.92. The quantitative estimate of drug-likeness (QED) is 0.751. The largest absolute Gasteiger partial charge is 0.392 e. The van der Waals surface area contributed by atoms with E-state index in [0.717, 1.165) is 40.4 Å². The molecule has 1 aromatic heterocycles. The van der Waals surface area contributed by atoms with E-state index in [-0.39, 0.29) is 17.9 Å². The maximum absolute atomic E-state index is 13.1. The molecule has 1 atom stereocenters. The molecule has 1 aliphatic rings. The van der Waals surface area contributed by atoms with Crippen LogP contribution in [0.1, 0.15) is 34.3 Å². The van der Waals surface area contributed by atoms with Crippen molar-refractivity contribution in [3.8, 4) is 0 Å². The van der Waals surface area contributed by atoms with Gasteiger partial charge in [-0.25, -0.2) is 0 Å². The second kappa shape index (κ2) is 8.11. The normalized spacial score (nSPS) is 16.3. The molecular formula is C24H26N2O2. The number of hydrogen-bond acceptors (Lipinski definition) is 3. The average molecular weight is 374 g/mol. The van der Waals surface area contributed by atoms with Crippen molar-refractivity contribution in [2.24, 2.45) is 5.92 Å². The van der Waals surface area contributed by atoms with E-state index in [1.54, 1.807) is 6.20 Å². The summed E-state index contributed by atoms with van der Waals surface area (Å²) in [7, 11) is 0. The number of aliphatic hydroxyl groups is 1. The lowest BCUT2D eigenvalue weighted by atomic mass is 9.87. The second-order valence-electron chi connectivity index (χ2n) is 7.77. The van der Waals surface area contributed by atoms with Crippen molar-refractivity contribution in [2.75, 3.05) is 13.1 Å². The van der Waals surface area contributed by atoms with Crippen LogP contribution in [-0.4, -0.2) is 40.1 Å². The summed E-state index contributed by atoms with van der Waals surface area (Å²) in [6.07, 6.45) is 3.70. The molecule has 0 unspecified atom stereocenters. The first-order valence-corrected chi connectivity index (χ1v) is 9.98. The first-order valence-electron chi connectivity index (χ1n) is 9.98. The van der Waals surface area contributed by atoms with Gasteiger partial charge < -0.3 is 10.0 Å². The van der Waals surface area contributed by atoms with E-state index in [4.69, 9.17) is 0 Å². The Labute approximate surface area is 165 Å². The van der Waals surface area contributed by atoms with Crippen molar-refractivity contribution in [1.29, 1.82) is 0 Å². The summed E-state index contributed by atoms with van der Waals surface area (Å²) in [5.74, 6) is 0.301. The summed E-state index contributed by atoms with van der Waals surface area (Å²) < 4.78 is 0. The summed E-state index contributed by atoms with van der Waals surface area (Å²) in [6, 6.07) is 17.9. The highest BCUT2D eigenvalue weighted by molar-refractivity contribution is 6.06. The Morgan fingerprint density at radius 3 is 2.64 bits per heavy atom. The Kier molecular flexibility index (Phi) is 5.40. The van der Waals surface area contributed by atoms with Gasteiger partial charge in [0.15, 0.2) is 0 Å². The molecule has 2 heterocycles. The number of likely N-dealkylation sites (tertiary alicyclic amines) is 1. The monoisotopic (exact) mass is 374 g/mol. The lowest BCUT2D eigenvalue weighted by Gasteiger charge is -2.34. The Morgan fingerprint density at radius 2 is 1.89 bits per heavy atom. The predicted molar refractivity (Wildman–Crippen MR) is 111 cm³/mol. The molecule has 3 aromatic rings. The van der Waals surface area contributed by atoms with Gasteiger partial charge in [-0.05, 0) is 55.9 Å². The van der Waals surface area contributed by atoms with Gasteiger partial charge in [-0.2, -0.15) is 0 Å². The molecule has 0 aliphatic carbocycles. The fourth-order valence-corrected chi connectivity index (χ4v) is 4.13. The van der Waals surface area contributed by atoms with Crippen LogP contribution in [0.3, 0.4) is 0 Å². The molecule has 144 valence electrons. The fraction of sp³-hybridized carbons (Fsp3) is 0.333. The number of carbonyl (C=O) groups is 1. The SMILES string of the molecule is Cc1ccc2nccc(C(=O)N3CCC([C@H](O)Cc4ccccc4)CC3)c2c1. The number of benzene rings is 2. The van der Waals surface area contributed by atoms with Gasteiger partial charge >= 0.3 is 0 Å². The van der Waals surface area contributed by atoms with E-state index >= 15 is 0 Å². The number of amides is 1. The maximum Gasteiger partial charge on any atom is 0.254 e. The van der Waals surface area contributed by atoms with Crippen LogP contribution < -0.4 is 0 Å². The van der Waals surface area contributed by atoms with Gasteiger partial charge in [-0.15, -0.1) is 0 Å². The van der Waals surface area contributed by atoms with Gasteiger partial charge in [0, 0.05) is 24.7 Å². The minimum absolute atomic E-state index is 0.0639. The first kappa shape index (κ1) is 18.6. The van der Waals surface area contributed by atoms with Gasteiger partial charge in [0.05, 0.1) is 17.2 Å². The fourth-order valence-electron chi connectivity index (χ4n) is 4.13. The van der Waals surface area contributed by atoms with Crippen LogP contribution in [0.4, 0.5) is 0 Å². The van der Waals surface area contributed by atoms with Crippen molar-refractivity contribution in [1.82, 2.24) is 9.88 Å². The molecule has 0 spiro atoms. The molecule has 1 N–H and O–H groups in total. The third-order valence-electron chi connectivity index (χ3n) is 5.79. The van der Waals surface area contributed by atoms with Crippen LogP contribution in [-0.2, 0) is 6.42 Å². The highest BCUT2D eigenvalue weighted by Crippen LogP contribution is 2.26. The summed E-state index contributed by atoms with van der Waals surface area (Å²) in [5, 5.41) is 11.5. The zero-order valence-electron chi connectivity index (χ0n) is 16.2. The number of aliphatic hydroxyl groups excluding tert-OH is 1. The number of fused-ring (bicyclic) bond motifs is 1. The van der Waals surface area contributed by atoms with Crippen molar-refractivity contribution < 1.29 is 9.90 Å². The van der Waals surface area contributed by atoms with Crippen molar-refractivity contribution in [3.63, 3.8) is 0 Å². The number of hydrogen-bond donors (Lipinski definition) is 1.